The Labute approximate surface area is 213 Å². The van der Waals surface area contributed by atoms with Crippen LogP contribution in [0.5, 0.6) is 5.75 Å². The second kappa shape index (κ2) is 11.8. The number of aromatic nitrogens is 1. The number of hydrogen-bond donors (Lipinski definition) is 0. The molecule has 1 aliphatic rings. The summed E-state index contributed by atoms with van der Waals surface area (Å²) in [5.74, 6) is 1.23. The molecule has 6 nitrogen and oxygen atoms in total. The van der Waals surface area contributed by atoms with E-state index < -0.39 is 0 Å². The summed E-state index contributed by atoms with van der Waals surface area (Å²) in [6.07, 6.45) is 6.17. The van der Waals surface area contributed by atoms with E-state index in [1.807, 2.05) is 66.2 Å². The number of likely N-dealkylation sites (tertiary alicyclic amines) is 1. The van der Waals surface area contributed by atoms with Gasteiger partial charge in [0, 0.05) is 38.6 Å². The van der Waals surface area contributed by atoms with Gasteiger partial charge in [0.05, 0.1) is 19.1 Å². The predicted octanol–water partition coefficient (Wildman–Crippen LogP) is 4.56. The van der Waals surface area contributed by atoms with Gasteiger partial charge in [0.15, 0.2) is 0 Å². The summed E-state index contributed by atoms with van der Waals surface area (Å²) in [5.41, 5.74) is 3.95. The van der Waals surface area contributed by atoms with E-state index in [9.17, 15) is 9.59 Å². The van der Waals surface area contributed by atoms with E-state index in [-0.39, 0.29) is 23.8 Å². The summed E-state index contributed by atoms with van der Waals surface area (Å²) < 4.78 is 5.42. The predicted molar refractivity (Wildman–Crippen MR) is 141 cm³/mol. The van der Waals surface area contributed by atoms with Crippen molar-refractivity contribution < 1.29 is 14.3 Å². The standard InChI is InChI=1S/C30H35N3O3/c1-22-8-4-5-10-25(22)20-29(34)33-16-13-24(14-17-33)28(19-23-9-6-12-27(18-23)36-3)32(2)30(35)26-11-7-15-31-21-26/h4-12,15,18,21,24,28H,13-14,16-17,19-20H2,1-3H3. The van der Waals surface area contributed by atoms with Gasteiger partial charge in [-0.15, -0.1) is 0 Å². The molecule has 188 valence electrons. The molecule has 1 unspecified atom stereocenters. The van der Waals surface area contributed by atoms with Crippen molar-refractivity contribution in [2.24, 2.45) is 5.92 Å². The van der Waals surface area contributed by atoms with Gasteiger partial charge in [0.1, 0.15) is 5.75 Å². The number of amides is 2. The lowest BCUT2D eigenvalue weighted by molar-refractivity contribution is -0.132. The number of aryl methyl sites for hydroxylation is 1. The van der Waals surface area contributed by atoms with Gasteiger partial charge in [-0.25, -0.2) is 0 Å². The molecule has 6 heteroatoms. The Morgan fingerprint density at radius 2 is 1.86 bits per heavy atom. The number of carbonyl (C=O) groups is 2. The number of piperidine rings is 1. The second-order valence-electron chi connectivity index (χ2n) is 9.60. The molecule has 2 amide bonds. The lowest BCUT2D eigenvalue weighted by Gasteiger charge is -2.40. The number of likely N-dealkylation sites (N-methyl/N-ethyl adjacent to an activating group) is 1. The van der Waals surface area contributed by atoms with Gasteiger partial charge in [-0.05, 0) is 73.1 Å². The molecule has 0 radical (unpaired) electrons. The lowest BCUT2D eigenvalue weighted by Crippen LogP contribution is -2.48. The van der Waals surface area contributed by atoms with Crippen LogP contribution in [0.3, 0.4) is 0 Å². The highest BCUT2D eigenvalue weighted by Crippen LogP contribution is 2.28. The minimum atomic E-state index is -0.0333. The maximum absolute atomic E-state index is 13.3. The van der Waals surface area contributed by atoms with Crippen molar-refractivity contribution in [3.63, 3.8) is 0 Å². The van der Waals surface area contributed by atoms with Crippen molar-refractivity contribution in [1.29, 1.82) is 0 Å². The van der Waals surface area contributed by atoms with Gasteiger partial charge >= 0.3 is 0 Å². The summed E-state index contributed by atoms with van der Waals surface area (Å²) in [6.45, 7) is 3.46. The fourth-order valence-corrected chi connectivity index (χ4v) is 5.12. The van der Waals surface area contributed by atoms with Crippen LogP contribution in [0, 0.1) is 12.8 Å². The maximum atomic E-state index is 13.3. The molecule has 1 atom stereocenters. The third-order valence-corrected chi connectivity index (χ3v) is 7.34. The molecule has 0 aliphatic carbocycles. The molecule has 2 aromatic carbocycles. The highest BCUT2D eigenvalue weighted by Gasteiger charge is 2.33. The van der Waals surface area contributed by atoms with E-state index in [0.717, 1.165) is 41.7 Å². The minimum Gasteiger partial charge on any atom is -0.497 e. The molecule has 0 saturated carbocycles. The van der Waals surface area contributed by atoms with Crippen LogP contribution < -0.4 is 4.74 Å². The maximum Gasteiger partial charge on any atom is 0.255 e. The largest absolute Gasteiger partial charge is 0.497 e. The average molecular weight is 486 g/mol. The van der Waals surface area contributed by atoms with E-state index >= 15 is 0 Å². The highest BCUT2D eigenvalue weighted by atomic mass is 16.5. The lowest BCUT2D eigenvalue weighted by atomic mass is 9.84. The fraction of sp³-hybridized carbons (Fsp3) is 0.367. The van der Waals surface area contributed by atoms with Crippen molar-refractivity contribution >= 4 is 11.8 Å². The van der Waals surface area contributed by atoms with Crippen LogP contribution in [0.25, 0.3) is 0 Å². The molecular formula is C30H35N3O3. The molecule has 3 aromatic rings. The van der Waals surface area contributed by atoms with E-state index in [0.29, 0.717) is 25.1 Å². The Morgan fingerprint density at radius 3 is 2.56 bits per heavy atom. The van der Waals surface area contributed by atoms with Crippen molar-refractivity contribution in [3.05, 3.63) is 95.3 Å². The molecule has 1 aliphatic heterocycles. The molecule has 0 bridgehead atoms. The molecule has 4 rings (SSSR count). The fourth-order valence-electron chi connectivity index (χ4n) is 5.12. The number of rotatable bonds is 8. The Balaban J connectivity index is 1.48. The zero-order valence-corrected chi connectivity index (χ0v) is 21.4. The first-order valence-corrected chi connectivity index (χ1v) is 12.6. The average Bonchev–Trinajstić information content (AvgIpc) is 2.93. The van der Waals surface area contributed by atoms with Gasteiger partial charge in [-0.2, -0.15) is 0 Å². The van der Waals surface area contributed by atoms with Gasteiger partial charge in [-0.1, -0.05) is 36.4 Å². The molecule has 1 saturated heterocycles. The van der Waals surface area contributed by atoms with Crippen LogP contribution >= 0.6 is 0 Å². The van der Waals surface area contributed by atoms with Gasteiger partial charge in [0.25, 0.3) is 5.91 Å². The Morgan fingerprint density at radius 1 is 1.08 bits per heavy atom. The molecule has 1 fully saturated rings. The first-order chi connectivity index (χ1) is 17.5. The van der Waals surface area contributed by atoms with Crippen LogP contribution in [-0.2, 0) is 17.6 Å². The minimum absolute atomic E-state index is 0.00145. The molecule has 2 heterocycles. The number of methoxy groups -OCH3 is 1. The van der Waals surface area contributed by atoms with Crippen LogP contribution in [0.4, 0.5) is 0 Å². The van der Waals surface area contributed by atoms with E-state index in [4.69, 9.17) is 4.74 Å². The van der Waals surface area contributed by atoms with Crippen molar-refractivity contribution in [2.75, 3.05) is 27.2 Å². The van der Waals surface area contributed by atoms with Crippen LogP contribution in [0.1, 0.15) is 39.9 Å². The van der Waals surface area contributed by atoms with Gasteiger partial charge in [-0.3, -0.25) is 14.6 Å². The zero-order chi connectivity index (χ0) is 25.5. The topological polar surface area (TPSA) is 62.7 Å². The Bertz CT molecular complexity index is 1170. The molecule has 0 N–H and O–H groups in total. The van der Waals surface area contributed by atoms with E-state index in [1.165, 1.54) is 0 Å². The van der Waals surface area contributed by atoms with Crippen LogP contribution in [0.2, 0.25) is 0 Å². The van der Waals surface area contributed by atoms with Crippen LogP contribution in [-0.4, -0.2) is 59.9 Å². The third kappa shape index (κ3) is 6.11. The number of nitrogens with zero attached hydrogens (tertiary/aromatic N) is 3. The van der Waals surface area contributed by atoms with E-state index in [1.54, 1.807) is 31.6 Å². The third-order valence-electron chi connectivity index (χ3n) is 7.34. The zero-order valence-electron chi connectivity index (χ0n) is 21.4. The molecular weight excluding hydrogens is 450 g/mol. The summed E-state index contributed by atoms with van der Waals surface area (Å²) in [4.78, 5) is 34.3. The number of carbonyl (C=O) groups excluding carboxylic acids is 2. The number of ether oxygens (including phenoxy) is 1. The first kappa shape index (κ1) is 25.4. The quantitative estimate of drug-likeness (QED) is 0.469. The normalized spacial score (nSPS) is 14.8. The SMILES string of the molecule is COc1cccc(CC(C2CCN(C(=O)Cc3ccccc3C)CC2)N(C)C(=O)c2cccnc2)c1. The van der Waals surface area contributed by atoms with Crippen molar-refractivity contribution in [3.8, 4) is 5.75 Å². The summed E-state index contributed by atoms with van der Waals surface area (Å²) >= 11 is 0. The van der Waals surface area contributed by atoms with Crippen molar-refractivity contribution in [2.45, 2.75) is 38.6 Å². The summed E-state index contributed by atoms with van der Waals surface area (Å²) in [7, 11) is 3.55. The summed E-state index contributed by atoms with van der Waals surface area (Å²) in [5, 5.41) is 0. The molecule has 36 heavy (non-hydrogen) atoms. The summed E-state index contributed by atoms with van der Waals surface area (Å²) in [6, 6.07) is 19.7. The van der Waals surface area contributed by atoms with Gasteiger partial charge in [0.2, 0.25) is 5.91 Å². The monoisotopic (exact) mass is 485 g/mol. The Kier molecular flexibility index (Phi) is 8.36. The second-order valence-corrected chi connectivity index (χ2v) is 9.60. The van der Waals surface area contributed by atoms with E-state index in [2.05, 4.69) is 11.1 Å². The van der Waals surface area contributed by atoms with Crippen molar-refractivity contribution in [1.82, 2.24) is 14.8 Å². The van der Waals surface area contributed by atoms with Gasteiger partial charge < -0.3 is 14.5 Å². The number of hydrogen-bond acceptors (Lipinski definition) is 4. The number of benzene rings is 2. The highest BCUT2D eigenvalue weighted by molar-refractivity contribution is 5.94. The molecule has 0 spiro atoms. The molecule has 1 aromatic heterocycles. The smallest absolute Gasteiger partial charge is 0.255 e. The Hall–Kier alpha value is -3.67. The number of pyridine rings is 1. The first-order valence-electron chi connectivity index (χ1n) is 12.6. The van der Waals surface area contributed by atoms with Crippen LogP contribution in [0.15, 0.2) is 73.1 Å².